The number of alkyl halides is 2. The summed E-state index contributed by atoms with van der Waals surface area (Å²) in [6.45, 7) is -0.0881. The van der Waals surface area contributed by atoms with Gasteiger partial charge in [-0.05, 0) is 25.8 Å². The van der Waals surface area contributed by atoms with Gasteiger partial charge in [-0.3, -0.25) is 9.35 Å². The number of piperazine rings is 1. The van der Waals surface area contributed by atoms with E-state index in [1.54, 1.807) is 4.90 Å². The number of fused-ring (bicyclic) bond motifs is 1. The Labute approximate surface area is 192 Å². The highest BCUT2D eigenvalue weighted by molar-refractivity contribution is 7.85. The molecule has 34 heavy (non-hydrogen) atoms. The number of aromatic nitrogens is 1. The molecule has 2 aromatic rings. The lowest BCUT2D eigenvalue weighted by molar-refractivity contribution is -0.0488. The molecular formula is C20H24F3N3O7S. The summed E-state index contributed by atoms with van der Waals surface area (Å²) >= 11 is 0. The number of pyridine rings is 1. The fourth-order valence-electron chi connectivity index (χ4n) is 3.87. The number of aromatic carboxylic acids is 1. The lowest BCUT2D eigenvalue weighted by Gasteiger charge is -2.35. The average Bonchev–Trinajstić information content (AvgIpc) is 3.52. The molecular weight excluding hydrogens is 483 g/mol. The molecule has 10 nitrogen and oxygen atoms in total. The first-order chi connectivity index (χ1) is 15.8. The number of ether oxygens (including phenoxy) is 1. The average molecular weight is 507 g/mol. The van der Waals surface area contributed by atoms with Crippen LogP contribution in [0.2, 0.25) is 0 Å². The molecule has 1 saturated carbocycles. The summed E-state index contributed by atoms with van der Waals surface area (Å²) in [7, 11) is -3.67. The van der Waals surface area contributed by atoms with Gasteiger partial charge in [0.25, 0.3) is 10.1 Å². The molecule has 1 aliphatic heterocycles. The van der Waals surface area contributed by atoms with Crippen molar-refractivity contribution >= 4 is 32.7 Å². The van der Waals surface area contributed by atoms with Crippen LogP contribution in [0.3, 0.4) is 0 Å². The number of hydrogen-bond acceptors (Lipinski definition) is 7. The maximum atomic E-state index is 15.1. The zero-order valence-electron chi connectivity index (χ0n) is 18.3. The highest BCUT2D eigenvalue weighted by atomic mass is 32.2. The van der Waals surface area contributed by atoms with Crippen molar-refractivity contribution in [3.8, 4) is 5.75 Å². The maximum Gasteiger partial charge on any atom is 0.387 e. The van der Waals surface area contributed by atoms with Gasteiger partial charge in [0.1, 0.15) is 11.3 Å². The van der Waals surface area contributed by atoms with Gasteiger partial charge in [-0.25, -0.2) is 9.18 Å². The summed E-state index contributed by atoms with van der Waals surface area (Å²) in [5.41, 5.74) is -1.59. The first kappa shape index (κ1) is 25.8. The van der Waals surface area contributed by atoms with E-state index in [0.717, 1.165) is 12.3 Å². The summed E-state index contributed by atoms with van der Waals surface area (Å²) < 4.78 is 73.8. The van der Waals surface area contributed by atoms with E-state index < -0.39 is 45.3 Å². The fraction of sp³-hybridized carbons (Fsp3) is 0.500. The quantitative estimate of drug-likeness (QED) is 0.519. The summed E-state index contributed by atoms with van der Waals surface area (Å²) in [6.07, 6.45) is 3.25. The molecule has 0 spiro atoms. The Balaban J connectivity index is 0.000000588. The minimum absolute atomic E-state index is 0.00161. The Hall–Kier alpha value is -2.84. The lowest BCUT2D eigenvalue weighted by atomic mass is 10.1. The Morgan fingerprint density at radius 1 is 1.32 bits per heavy atom. The van der Waals surface area contributed by atoms with Crippen molar-refractivity contribution in [3.05, 3.63) is 33.9 Å². The number of halogens is 3. The minimum Gasteiger partial charge on any atom is -0.477 e. The van der Waals surface area contributed by atoms with Crippen LogP contribution in [0.1, 0.15) is 36.2 Å². The van der Waals surface area contributed by atoms with Crippen LogP contribution in [-0.2, 0) is 10.1 Å². The van der Waals surface area contributed by atoms with Gasteiger partial charge in [0.2, 0.25) is 5.43 Å². The van der Waals surface area contributed by atoms with E-state index in [1.165, 1.54) is 4.57 Å². The summed E-state index contributed by atoms with van der Waals surface area (Å²) in [4.78, 5) is 25.8. The van der Waals surface area contributed by atoms with Crippen LogP contribution in [0, 0.1) is 5.82 Å². The molecule has 2 fully saturated rings. The molecule has 1 aromatic carbocycles. The second-order valence-corrected chi connectivity index (χ2v) is 9.63. The molecule has 14 heteroatoms. The first-order valence-electron chi connectivity index (χ1n) is 10.3. The van der Waals surface area contributed by atoms with Crippen molar-refractivity contribution in [1.29, 1.82) is 0 Å². The lowest BCUT2D eigenvalue weighted by Crippen LogP contribution is -2.49. The van der Waals surface area contributed by atoms with E-state index in [0.29, 0.717) is 38.7 Å². The van der Waals surface area contributed by atoms with Crippen LogP contribution < -0.4 is 20.4 Å². The topological polar surface area (TPSA) is 138 Å². The predicted octanol–water partition coefficient (Wildman–Crippen LogP) is 2.08. The van der Waals surface area contributed by atoms with Crippen LogP contribution in [0.15, 0.2) is 17.1 Å². The summed E-state index contributed by atoms with van der Waals surface area (Å²) in [6, 6.07) is 0.776. The van der Waals surface area contributed by atoms with Gasteiger partial charge >= 0.3 is 12.6 Å². The molecule has 1 atom stereocenters. The van der Waals surface area contributed by atoms with Crippen LogP contribution in [0.4, 0.5) is 18.9 Å². The fourth-order valence-corrected chi connectivity index (χ4v) is 3.87. The predicted molar refractivity (Wildman–Crippen MR) is 117 cm³/mol. The van der Waals surface area contributed by atoms with Gasteiger partial charge in [-0.15, -0.1) is 0 Å². The first-order valence-corrected chi connectivity index (χ1v) is 12.1. The molecule has 2 aliphatic rings. The molecule has 1 saturated heterocycles. The van der Waals surface area contributed by atoms with Crippen molar-refractivity contribution in [2.75, 3.05) is 30.8 Å². The maximum absolute atomic E-state index is 15.1. The summed E-state index contributed by atoms with van der Waals surface area (Å²) in [5, 5.41) is 12.3. The molecule has 0 amide bonds. The van der Waals surface area contributed by atoms with Gasteiger partial charge in [-0.1, -0.05) is 0 Å². The molecule has 188 valence electrons. The molecule has 0 bridgehead atoms. The Morgan fingerprint density at radius 3 is 2.44 bits per heavy atom. The monoisotopic (exact) mass is 507 g/mol. The third kappa shape index (κ3) is 5.98. The minimum atomic E-state index is -3.67. The highest BCUT2D eigenvalue weighted by Gasteiger charge is 2.33. The van der Waals surface area contributed by atoms with Crippen LogP contribution in [-0.4, -0.2) is 67.2 Å². The Bertz CT molecular complexity index is 1250. The van der Waals surface area contributed by atoms with Gasteiger partial charge in [0, 0.05) is 37.9 Å². The number of rotatable bonds is 5. The molecule has 1 aliphatic carbocycles. The van der Waals surface area contributed by atoms with Crippen LogP contribution >= 0.6 is 0 Å². The van der Waals surface area contributed by atoms with E-state index in [1.807, 2.05) is 6.92 Å². The zero-order valence-corrected chi connectivity index (χ0v) is 19.1. The van der Waals surface area contributed by atoms with Gasteiger partial charge in [0.15, 0.2) is 11.6 Å². The SMILES string of the molecule is CC1CN(c2c(F)cc3c(=O)c(C(=O)O)cn(C4CC4)c3c2OC(F)F)CCN1.CS(=O)(=O)O. The van der Waals surface area contributed by atoms with Gasteiger partial charge < -0.3 is 24.6 Å². The number of hydrogen-bond donors (Lipinski definition) is 3. The molecule has 4 rings (SSSR count). The molecule has 0 radical (unpaired) electrons. The number of carboxylic acids is 1. The zero-order chi connectivity index (χ0) is 25.4. The van der Waals surface area contributed by atoms with Crippen molar-refractivity contribution in [2.24, 2.45) is 0 Å². The third-order valence-corrected chi connectivity index (χ3v) is 5.26. The van der Waals surface area contributed by atoms with E-state index in [2.05, 4.69) is 5.32 Å². The van der Waals surface area contributed by atoms with Crippen LogP contribution in [0.25, 0.3) is 10.9 Å². The smallest absolute Gasteiger partial charge is 0.387 e. The number of anilines is 1. The second-order valence-electron chi connectivity index (χ2n) is 8.16. The standard InChI is InChI=1S/C19H20F3N3O4.CH4O3S/c1-9-7-24(5-4-23-9)15-13(20)6-11-14(17(15)29-19(21)22)25(10-2-3-10)8-12(16(11)26)18(27)28;1-5(2,3)4/h6,8-10,19,23H,2-5,7H2,1H3,(H,27,28);1H3,(H,2,3,4). The number of nitrogens with one attached hydrogen (secondary N) is 1. The van der Waals surface area contributed by atoms with Crippen molar-refractivity contribution < 1.29 is 40.8 Å². The summed E-state index contributed by atoms with van der Waals surface area (Å²) in [5.74, 6) is -2.78. The third-order valence-electron chi connectivity index (χ3n) is 5.26. The van der Waals surface area contributed by atoms with Crippen molar-refractivity contribution in [1.82, 2.24) is 9.88 Å². The number of carbonyl (C=O) groups is 1. The molecule has 2 heterocycles. The second kappa shape index (κ2) is 9.80. The molecule has 1 unspecified atom stereocenters. The normalized spacial score (nSPS) is 18.6. The highest BCUT2D eigenvalue weighted by Crippen LogP contribution is 2.44. The van der Waals surface area contributed by atoms with E-state index in [9.17, 15) is 31.9 Å². The molecule has 1 aromatic heterocycles. The van der Waals surface area contributed by atoms with Crippen LogP contribution in [0.5, 0.6) is 5.75 Å². The largest absolute Gasteiger partial charge is 0.477 e. The van der Waals surface area contributed by atoms with E-state index in [4.69, 9.17) is 9.29 Å². The Morgan fingerprint density at radius 2 is 1.94 bits per heavy atom. The van der Waals surface area contributed by atoms with Gasteiger partial charge in [-0.2, -0.15) is 17.2 Å². The Kier molecular flexibility index (Phi) is 7.43. The van der Waals surface area contributed by atoms with E-state index in [-0.39, 0.29) is 28.7 Å². The van der Waals surface area contributed by atoms with Gasteiger partial charge in [0.05, 0.1) is 17.2 Å². The number of nitrogens with zero attached hydrogens (tertiary/aromatic N) is 2. The van der Waals surface area contributed by atoms with Crippen molar-refractivity contribution in [3.63, 3.8) is 0 Å². The molecule has 3 N–H and O–H groups in total. The van der Waals surface area contributed by atoms with Crippen molar-refractivity contribution in [2.45, 2.75) is 38.5 Å². The number of carboxylic acid groups (broad SMARTS) is 1. The number of benzene rings is 1. The van der Waals surface area contributed by atoms with E-state index >= 15 is 4.39 Å².